The van der Waals surface area contributed by atoms with E-state index in [4.69, 9.17) is 14.9 Å². The van der Waals surface area contributed by atoms with E-state index < -0.39 is 5.91 Å². The number of nitrogens with one attached hydrogen (secondary N) is 1. The van der Waals surface area contributed by atoms with Gasteiger partial charge in [-0.3, -0.25) is 15.1 Å². The molecular weight excluding hydrogens is 400 g/mol. The summed E-state index contributed by atoms with van der Waals surface area (Å²) in [6.45, 7) is 5.86. The lowest BCUT2D eigenvalue weighted by molar-refractivity contribution is -0.114. The van der Waals surface area contributed by atoms with Crippen LogP contribution in [-0.2, 0) is 4.79 Å². The number of thioether (sulfide) groups is 1. The predicted octanol–water partition coefficient (Wildman–Crippen LogP) is 4.28. The maximum absolute atomic E-state index is 12.6. The van der Waals surface area contributed by atoms with E-state index in [-0.39, 0.29) is 11.4 Å². The third-order valence-electron chi connectivity index (χ3n) is 5.18. The first kappa shape index (κ1) is 20.0. The van der Waals surface area contributed by atoms with E-state index in [1.165, 1.54) is 11.8 Å². The monoisotopic (exact) mass is 422 g/mol. The van der Waals surface area contributed by atoms with Crippen molar-refractivity contribution in [3.05, 3.63) is 57.9 Å². The minimum absolute atomic E-state index is 0.146. The second-order valence-corrected chi connectivity index (χ2v) is 7.85. The molecule has 1 amide bonds. The summed E-state index contributed by atoms with van der Waals surface area (Å²) < 4.78 is 13.0. The van der Waals surface area contributed by atoms with Crippen molar-refractivity contribution in [3.8, 4) is 17.2 Å². The van der Waals surface area contributed by atoms with Gasteiger partial charge >= 0.3 is 0 Å². The molecular formula is C22H22N4O3S. The number of allylic oxidation sites excluding steroid dienone is 1. The van der Waals surface area contributed by atoms with Crippen LogP contribution in [0.5, 0.6) is 11.5 Å². The van der Waals surface area contributed by atoms with E-state index in [2.05, 4.69) is 9.56 Å². The number of carbonyl (C=O) groups excluding carboxylic acids is 1. The fourth-order valence-corrected chi connectivity index (χ4v) is 4.53. The van der Waals surface area contributed by atoms with Gasteiger partial charge in [0.05, 0.1) is 25.5 Å². The summed E-state index contributed by atoms with van der Waals surface area (Å²) >= 11 is 1.36. The summed E-state index contributed by atoms with van der Waals surface area (Å²) in [6, 6.07) is 7.61. The molecule has 0 unspecified atom stereocenters. The number of methoxy groups -OCH3 is 2. The van der Waals surface area contributed by atoms with Crippen LogP contribution in [0.4, 0.5) is 0 Å². The Hall–Kier alpha value is -3.26. The van der Waals surface area contributed by atoms with Crippen molar-refractivity contribution in [1.82, 2.24) is 9.47 Å². The number of carbonyl (C=O) groups is 1. The number of benzene rings is 1. The highest BCUT2D eigenvalue weighted by Crippen LogP contribution is 2.34. The van der Waals surface area contributed by atoms with Crippen molar-refractivity contribution in [2.24, 2.45) is 4.99 Å². The van der Waals surface area contributed by atoms with Crippen LogP contribution in [0, 0.1) is 19.3 Å². The first-order valence-corrected chi connectivity index (χ1v) is 10.2. The molecule has 3 heterocycles. The lowest BCUT2D eigenvalue weighted by Crippen LogP contribution is -2.37. The van der Waals surface area contributed by atoms with Gasteiger partial charge in [0, 0.05) is 23.2 Å². The fraction of sp³-hybridized carbons (Fsp3) is 0.227. The van der Waals surface area contributed by atoms with Crippen molar-refractivity contribution in [2.45, 2.75) is 20.8 Å². The van der Waals surface area contributed by atoms with Gasteiger partial charge in [-0.2, -0.15) is 4.99 Å². The van der Waals surface area contributed by atoms with Gasteiger partial charge in [0.25, 0.3) is 5.91 Å². The van der Waals surface area contributed by atoms with Crippen LogP contribution < -0.4 is 9.47 Å². The van der Waals surface area contributed by atoms with Gasteiger partial charge in [-0.1, -0.05) is 11.8 Å². The molecule has 1 aromatic heterocycles. The number of aromatic nitrogens is 1. The van der Waals surface area contributed by atoms with Gasteiger partial charge in [-0.05, 0) is 56.0 Å². The number of aryl methyl sites for hydroxylation is 1. The molecule has 0 saturated heterocycles. The second kappa shape index (κ2) is 7.53. The first-order chi connectivity index (χ1) is 14.3. The molecule has 2 aliphatic rings. The topological polar surface area (TPSA) is 79.9 Å². The molecule has 4 rings (SSSR count). The van der Waals surface area contributed by atoms with E-state index in [1.807, 2.05) is 50.4 Å². The number of ether oxygens (including phenoxy) is 2. The molecule has 8 heteroatoms. The Morgan fingerprint density at radius 2 is 1.90 bits per heavy atom. The molecule has 30 heavy (non-hydrogen) atoms. The Morgan fingerprint density at radius 1 is 1.13 bits per heavy atom. The highest BCUT2D eigenvalue weighted by molar-refractivity contribution is 8.16. The minimum Gasteiger partial charge on any atom is -0.497 e. The number of hydrogen-bond acceptors (Lipinski definition) is 5. The number of fused-ring (bicyclic) bond motifs is 1. The zero-order valence-electron chi connectivity index (χ0n) is 17.4. The van der Waals surface area contributed by atoms with Crippen LogP contribution in [0.1, 0.15) is 23.9 Å². The van der Waals surface area contributed by atoms with Crippen molar-refractivity contribution >= 4 is 34.7 Å². The average molecular weight is 423 g/mol. The molecule has 0 fully saturated rings. The van der Waals surface area contributed by atoms with Crippen LogP contribution in [-0.4, -0.2) is 40.6 Å². The van der Waals surface area contributed by atoms with Crippen molar-refractivity contribution < 1.29 is 14.3 Å². The molecule has 2 aromatic rings. The predicted molar refractivity (Wildman–Crippen MR) is 120 cm³/mol. The van der Waals surface area contributed by atoms with Gasteiger partial charge in [-0.25, -0.2) is 0 Å². The normalized spacial score (nSPS) is 17.2. The maximum atomic E-state index is 12.6. The lowest BCUT2D eigenvalue weighted by atomic mass is 10.1. The van der Waals surface area contributed by atoms with Crippen molar-refractivity contribution in [1.29, 1.82) is 5.41 Å². The molecule has 0 bridgehead atoms. The van der Waals surface area contributed by atoms with Crippen molar-refractivity contribution in [3.63, 3.8) is 0 Å². The number of amides is 1. The molecule has 7 nitrogen and oxygen atoms in total. The summed E-state index contributed by atoms with van der Waals surface area (Å²) in [4.78, 5) is 18.5. The highest BCUT2D eigenvalue weighted by atomic mass is 32.2. The van der Waals surface area contributed by atoms with Crippen LogP contribution in [0.25, 0.3) is 11.8 Å². The molecule has 2 aliphatic heterocycles. The molecule has 0 radical (unpaired) electrons. The molecule has 1 aromatic carbocycles. The number of rotatable bonds is 4. The number of aliphatic imine (C=N–C) groups is 1. The van der Waals surface area contributed by atoms with Crippen LogP contribution in [0.15, 0.2) is 45.9 Å². The van der Waals surface area contributed by atoms with Gasteiger partial charge in [0.15, 0.2) is 5.17 Å². The quantitative estimate of drug-likeness (QED) is 0.744. The maximum Gasteiger partial charge on any atom is 0.283 e. The lowest BCUT2D eigenvalue weighted by Gasteiger charge is -2.25. The largest absolute Gasteiger partial charge is 0.497 e. The molecule has 0 atom stereocenters. The smallest absolute Gasteiger partial charge is 0.283 e. The summed E-state index contributed by atoms with van der Waals surface area (Å²) in [5.74, 6) is 1.18. The fourth-order valence-electron chi connectivity index (χ4n) is 3.67. The Bertz CT molecular complexity index is 1170. The number of nitrogens with zero attached hydrogens (tertiary/aromatic N) is 3. The van der Waals surface area contributed by atoms with E-state index >= 15 is 0 Å². The zero-order valence-corrected chi connectivity index (χ0v) is 18.3. The summed E-state index contributed by atoms with van der Waals surface area (Å²) in [7, 11) is 3.25. The third-order valence-corrected chi connectivity index (χ3v) is 6.13. The summed E-state index contributed by atoms with van der Waals surface area (Å²) in [6.07, 6.45) is 1.74. The zero-order chi connectivity index (χ0) is 21.6. The standard InChI is InChI=1S/C22H22N4O3S/c1-12-8-15(9-17-20(23)26-13(2)11-30-22(26)24-21(17)27)14(3)25(12)18-10-16(28-4)6-7-19(18)29-5/h6-11,23H,1-5H3. The summed E-state index contributed by atoms with van der Waals surface area (Å²) in [5, 5.41) is 11.0. The number of amidine groups is 2. The molecule has 0 saturated carbocycles. The molecule has 0 aliphatic carbocycles. The molecule has 0 spiro atoms. The van der Waals surface area contributed by atoms with Crippen LogP contribution >= 0.6 is 11.8 Å². The van der Waals surface area contributed by atoms with Gasteiger partial charge < -0.3 is 14.0 Å². The summed E-state index contributed by atoms with van der Waals surface area (Å²) in [5.41, 5.74) is 4.73. The SMILES string of the molecule is COc1ccc(OC)c(-n2c(C)cc(C=C3C(=N)N4C(C)=CSC4=NC3=O)c2C)c1. The Kier molecular flexibility index (Phi) is 5.03. The first-order valence-electron chi connectivity index (χ1n) is 9.34. The van der Waals surface area contributed by atoms with E-state index in [1.54, 1.807) is 25.2 Å². The Morgan fingerprint density at radius 3 is 2.60 bits per heavy atom. The van der Waals surface area contributed by atoms with Gasteiger partial charge in [0.1, 0.15) is 17.3 Å². The van der Waals surface area contributed by atoms with E-state index in [9.17, 15) is 4.79 Å². The highest BCUT2D eigenvalue weighted by Gasteiger charge is 2.34. The Labute approximate surface area is 179 Å². The molecule has 154 valence electrons. The minimum atomic E-state index is -0.398. The van der Waals surface area contributed by atoms with Crippen LogP contribution in [0.2, 0.25) is 0 Å². The molecule has 1 N–H and O–H groups in total. The Balaban J connectivity index is 1.82. The second-order valence-electron chi connectivity index (χ2n) is 7.02. The van der Waals surface area contributed by atoms with Crippen LogP contribution in [0.3, 0.4) is 0 Å². The number of hydrogen-bond donors (Lipinski definition) is 1. The van der Waals surface area contributed by atoms with Gasteiger partial charge in [0.2, 0.25) is 0 Å². The third kappa shape index (κ3) is 3.13. The average Bonchev–Trinajstić information content (AvgIpc) is 3.23. The van der Waals surface area contributed by atoms with E-state index in [0.717, 1.165) is 34.1 Å². The van der Waals surface area contributed by atoms with Gasteiger partial charge in [-0.15, -0.1) is 0 Å². The van der Waals surface area contributed by atoms with E-state index in [0.29, 0.717) is 10.9 Å². The van der Waals surface area contributed by atoms with Crippen molar-refractivity contribution in [2.75, 3.05) is 14.2 Å².